The Morgan fingerprint density at radius 2 is 1.33 bits per heavy atom. The van der Waals surface area contributed by atoms with Crippen molar-refractivity contribution in [3.05, 3.63) is 73.2 Å². The molecule has 0 amide bonds. The molecule has 2 heterocycles. The number of aromatic nitrogens is 2. The van der Waals surface area contributed by atoms with Crippen molar-refractivity contribution in [3.8, 4) is 22.4 Å². The van der Waals surface area contributed by atoms with E-state index in [1.807, 2.05) is 42.6 Å². The van der Waals surface area contributed by atoms with Gasteiger partial charge in [0.05, 0.1) is 5.69 Å². The first-order chi connectivity index (χ1) is 8.93. The van der Waals surface area contributed by atoms with Crippen LogP contribution in [0.3, 0.4) is 0 Å². The topological polar surface area (TPSA) is 25.8 Å². The summed E-state index contributed by atoms with van der Waals surface area (Å²) in [4.78, 5) is 8.43. The Morgan fingerprint density at radius 3 is 2.11 bits per heavy atom. The summed E-state index contributed by atoms with van der Waals surface area (Å²) >= 11 is 0. The molecule has 2 aromatic heterocycles. The van der Waals surface area contributed by atoms with Gasteiger partial charge in [-0.3, -0.25) is 9.97 Å². The minimum Gasteiger partial charge on any atom is -0.265 e. The summed E-state index contributed by atoms with van der Waals surface area (Å²) in [5.74, 6) is 0. The smallest absolute Gasteiger partial charge is 0.0709 e. The Bertz CT molecular complexity index is 579. The number of rotatable bonds is 2. The first-order valence-corrected chi connectivity index (χ1v) is 5.85. The SMILES string of the molecule is c1ccc(-c2ccnc(-c3ccncc3)c2)cc1. The van der Waals surface area contributed by atoms with Gasteiger partial charge < -0.3 is 0 Å². The minimum absolute atomic E-state index is 0.971. The molecule has 0 aliphatic carbocycles. The molecule has 0 spiro atoms. The van der Waals surface area contributed by atoms with Gasteiger partial charge in [0.2, 0.25) is 0 Å². The molecule has 18 heavy (non-hydrogen) atoms. The monoisotopic (exact) mass is 232 g/mol. The predicted octanol–water partition coefficient (Wildman–Crippen LogP) is 3.81. The Balaban J connectivity index is 2.05. The molecule has 86 valence electrons. The quantitative estimate of drug-likeness (QED) is 0.671. The molecule has 1 aromatic carbocycles. The minimum atomic E-state index is 0.971. The van der Waals surface area contributed by atoms with E-state index in [-0.39, 0.29) is 0 Å². The lowest BCUT2D eigenvalue weighted by atomic mass is 10.0. The number of hydrogen-bond acceptors (Lipinski definition) is 2. The van der Waals surface area contributed by atoms with E-state index in [4.69, 9.17) is 0 Å². The van der Waals surface area contributed by atoms with E-state index in [1.165, 1.54) is 11.1 Å². The van der Waals surface area contributed by atoms with Gasteiger partial charge in [0.25, 0.3) is 0 Å². The molecule has 0 radical (unpaired) electrons. The molecule has 3 rings (SSSR count). The van der Waals surface area contributed by atoms with E-state index in [2.05, 4.69) is 28.2 Å². The van der Waals surface area contributed by atoms with Crippen LogP contribution in [-0.4, -0.2) is 9.97 Å². The fourth-order valence-corrected chi connectivity index (χ4v) is 1.92. The number of pyridine rings is 2. The molecule has 0 aliphatic heterocycles. The molecule has 0 aliphatic rings. The van der Waals surface area contributed by atoms with Crippen LogP contribution in [0.25, 0.3) is 22.4 Å². The number of nitrogens with zero attached hydrogens (tertiary/aromatic N) is 2. The summed E-state index contributed by atoms with van der Waals surface area (Å²) in [5, 5.41) is 0. The van der Waals surface area contributed by atoms with Crippen LogP contribution < -0.4 is 0 Å². The lowest BCUT2D eigenvalue weighted by Gasteiger charge is -2.04. The normalized spacial score (nSPS) is 10.2. The summed E-state index contributed by atoms with van der Waals surface area (Å²) in [5.41, 5.74) is 4.44. The van der Waals surface area contributed by atoms with Crippen LogP contribution in [-0.2, 0) is 0 Å². The second-order valence-electron chi connectivity index (χ2n) is 4.03. The zero-order chi connectivity index (χ0) is 12.2. The summed E-state index contributed by atoms with van der Waals surface area (Å²) in [7, 11) is 0. The van der Waals surface area contributed by atoms with Crippen LogP contribution in [0.1, 0.15) is 0 Å². The van der Waals surface area contributed by atoms with E-state index in [0.29, 0.717) is 0 Å². The van der Waals surface area contributed by atoms with Gasteiger partial charge in [-0.05, 0) is 35.4 Å². The van der Waals surface area contributed by atoms with E-state index in [0.717, 1.165) is 11.3 Å². The van der Waals surface area contributed by atoms with Gasteiger partial charge in [-0.15, -0.1) is 0 Å². The first-order valence-electron chi connectivity index (χ1n) is 5.85. The largest absolute Gasteiger partial charge is 0.265 e. The Kier molecular flexibility index (Phi) is 2.84. The van der Waals surface area contributed by atoms with E-state index < -0.39 is 0 Å². The molecule has 3 aromatic rings. The second-order valence-corrected chi connectivity index (χ2v) is 4.03. The van der Waals surface area contributed by atoms with Crippen LogP contribution in [0, 0.1) is 0 Å². The molecule has 0 bridgehead atoms. The van der Waals surface area contributed by atoms with Crippen LogP contribution in [0.5, 0.6) is 0 Å². The molecule has 0 N–H and O–H groups in total. The lowest BCUT2D eigenvalue weighted by molar-refractivity contribution is 1.29. The number of benzene rings is 1. The lowest BCUT2D eigenvalue weighted by Crippen LogP contribution is -1.85. The average molecular weight is 232 g/mol. The van der Waals surface area contributed by atoms with Crippen molar-refractivity contribution in [2.24, 2.45) is 0 Å². The van der Waals surface area contributed by atoms with E-state index in [9.17, 15) is 0 Å². The third-order valence-electron chi connectivity index (χ3n) is 2.84. The highest BCUT2D eigenvalue weighted by Crippen LogP contribution is 2.23. The van der Waals surface area contributed by atoms with Crippen molar-refractivity contribution in [2.45, 2.75) is 0 Å². The van der Waals surface area contributed by atoms with Crippen molar-refractivity contribution in [1.82, 2.24) is 9.97 Å². The fraction of sp³-hybridized carbons (Fsp3) is 0. The van der Waals surface area contributed by atoms with Crippen molar-refractivity contribution in [1.29, 1.82) is 0 Å². The van der Waals surface area contributed by atoms with E-state index >= 15 is 0 Å². The third kappa shape index (κ3) is 2.13. The summed E-state index contributed by atoms with van der Waals surface area (Å²) in [6.07, 6.45) is 5.41. The Morgan fingerprint density at radius 1 is 0.611 bits per heavy atom. The first kappa shape index (κ1) is 10.7. The highest BCUT2D eigenvalue weighted by Gasteiger charge is 2.01. The summed E-state index contributed by atoms with van der Waals surface area (Å²) in [6.45, 7) is 0. The highest BCUT2D eigenvalue weighted by molar-refractivity contribution is 5.69. The van der Waals surface area contributed by atoms with Crippen molar-refractivity contribution in [3.63, 3.8) is 0 Å². The maximum Gasteiger partial charge on any atom is 0.0709 e. The predicted molar refractivity (Wildman–Crippen MR) is 72.9 cm³/mol. The molecule has 0 saturated carbocycles. The van der Waals surface area contributed by atoms with Crippen LogP contribution in [0.4, 0.5) is 0 Å². The van der Waals surface area contributed by atoms with Crippen molar-refractivity contribution < 1.29 is 0 Å². The maximum absolute atomic E-state index is 4.41. The molecule has 0 atom stereocenters. The summed E-state index contributed by atoms with van der Waals surface area (Å²) < 4.78 is 0. The molecular weight excluding hydrogens is 220 g/mol. The zero-order valence-electron chi connectivity index (χ0n) is 9.82. The zero-order valence-corrected chi connectivity index (χ0v) is 9.82. The van der Waals surface area contributed by atoms with Gasteiger partial charge in [-0.25, -0.2) is 0 Å². The maximum atomic E-state index is 4.41. The van der Waals surface area contributed by atoms with Crippen molar-refractivity contribution in [2.75, 3.05) is 0 Å². The molecule has 0 saturated heterocycles. The molecular formula is C16H12N2. The van der Waals surface area contributed by atoms with Gasteiger partial charge in [0, 0.05) is 24.2 Å². The van der Waals surface area contributed by atoms with Gasteiger partial charge in [0.1, 0.15) is 0 Å². The van der Waals surface area contributed by atoms with Gasteiger partial charge >= 0.3 is 0 Å². The Labute approximate surface area is 106 Å². The third-order valence-corrected chi connectivity index (χ3v) is 2.84. The average Bonchev–Trinajstić information content (AvgIpc) is 2.49. The molecule has 0 fully saturated rings. The molecule has 2 nitrogen and oxygen atoms in total. The summed E-state index contributed by atoms with van der Waals surface area (Å²) in [6, 6.07) is 18.4. The second kappa shape index (κ2) is 4.80. The standard InChI is InChI=1S/C16H12N2/c1-2-4-13(5-3-1)15-8-11-18-16(12-15)14-6-9-17-10-7-14/h1-12H. The molecule has 0 unspecified atom stereocenters. The van der Waals surface area contributed by atoms with Crippen LogP contribution in [0.15, 0.2) is 73.2 Å². The van der Waals surface area contributed by atoms with E-state index in [1.54, 1.807) is 12.4 Å². The van der Waals surface area contributed by atoms with Crippen LogP contribution in [0.2, 0.25) is 0 Å². The van der Waals surface area contributed by atoms with Crippen molar-refractivity contribution >= 4 is 0 Å². The highest BCUT2D eigenvalue weighted by atomic mass is 14.7. The van der Waals surface area contributed by atoms with Gasteiger partial charge in [-0.1, -0.05) is 30.3 Å². The fourth-order valence-electron chi connectivity index (χ4n) is 1.92. The van der Waals surface area contributed by atoms with Gasteiger partial charge in [-0.2, -0.15) is 0 Å². The molecule has 2 heteroatoms. The van der Waals surface area contributed by atoms with Crippen LogP contribution >= 0.6 is 0 Å². The van der Waals surface area contributed by atoms with Gasteiger partial charge in [0.15, 0.2) is 0 Å². The number of hydrogen-bond donors (Lipinski definition) is 0. The Hall–Kier alpha value is -2.48.